The van der Waals surface area contributed by atoms with Gasteiger partial charge in [-0.1, -0.05) is 115 Å². The second-order valence-corrected chi connectivity index (χ2v) is 17.5. The number of non-ortho nitro benzene ring substituents is 1. The average molecular weight is 790 g/mol. The third kappa shape index (κ3) is 7.39. The number of nitro benzene ring substituents is 1. The highest BCUT2D eigenvalue weighted by molar-refractivity contribution is 8.01. The number of nitrogens with zero attached hydrogens (tertiary/aromatic N) is 3. The van der Waals surface area contributed by atoms with Crippen LogP contribution in [0.5, 0.6) is 0 Å². The van der Waals surface area contributed by atoms with Gasteiger partial charge in [0.1, 0.15) is 34.3 Å². The fourth-order valence-electron chi connectivity index (χ4n) is 7.73. The van der Waals surface area contributed by atoms with Crippen molar-refractivity contribution in [3.8, 4) is 11.4 Å². The molecule has 0 unspecified atom stereocenters. The van der Waals surface area contributed by atoms with Crippen LogP contribution in [0, 0.1) is 20.4 Å². The summed E-state index contributed by atoms with van der Waals surface area (Å²) in [6, 6.07) is 65.5. The van der Waals surface area contributed by atoms with Gasteiger partial charge in [0.15, 0.2) is 0 Å². The van der Waals surface area contributed by atoms with Crippen molar-refractivity contribution in [2.75, 3.05) is 0 Å². The molecule has 9 aromatic rings. The molecule has 0 aliphatic carbocycles. The molecule has 1 aromatic heterocycles. The maximum absolute atomic E-state index is 11.5. The van der Waals surface area contributed by atoms with Crippen LogP contribution in [-0.2, 0) is 6.54 Å². The van der Waals surface area contributed by atoms with Crippen LogP contribution < -0.4 is 39.9 Å². The number of aromatic nitrogens is 2. The number of halogens is 1. The quantitative estimate of drug-likeness (QED) is 0.0926. The maximum Gasteiger partial charge on any atom is 0.269 e. The Balaban J connectivity index is 0.000000859. The molecule has 0 radical (unpaired) electrons. The molecule has 0 spiro atoms. The highest BCUT2D eigenvalue weighted by Crippen LogP contribution is 2.54. The fraction of sp³-hybridized carbons (Fsp3) is 0.0217. The Hall–Kier alpha value is -6.29. The molecule has 0 saturated heterocycles. The molecule has 0 amide bonds. The summed E-state index contributed by atoms with van der Waals surface area (Å²) in [5.41, 5.74) is 4.03. The number of imidazole rings is 1. The third-order valence-electron chi connectivity index (χ3n) is 10.1. The minimum atomic E-state index is -4.94. The van der Waals surface area contributed by atoms with Gasteiger partial charge in [0.2, 0.25) is 0 Å². The molecule has 0 atom stereocenters. The van der Waals surface area contributed by atoms with Gasteiger partial charge in [-0.2, -0.15) is 0 Å². The first-order chi connectivity index (χ1) is 27.6. The SMILES string of the molecule is O=[N+]([O-])c1ccc(Cn2c(-c3ccc([P+](c4ccccc4)(c4ccccc4)c4ccccc4)cc3)nc3c4ccccc4c4ccccc4c32)cc1.[O-][Cl+3]([O-])([O-])[O-]. The van der Waals surface area contributed by atoms with Gasteiger partial charge in [-0.25, -0.2) is 23.6 Å². The summed E-state index contributed by atoms with van der Waals surface area (Å²) in [5, 5.41) is 21.2. The van der Waals surface area contributed by atoms with E-state index in [1.165, 1.54) is 26.6 Å². The van der Waals surface area contributed by atoms with Gasteiger partial charge in [-0.15, -0.1) is 10.2 Å². The number of hydrogen-bond donors (Lipinski definition) is 0. The molecule has 0 aliphatic heterocycles. The van der Waals surface area contributed by atoms with Gasteiger partial charge in [0.05, 0.1) is 16.0 Å². The highest BCUT2D eigenvalue weighted by Gasteiger charge is 2.47. The lowest BCUT2D eigenvalue weighted by molar-refractivity contribution is -2.00. The molecule has 0 aliphatic rings. The van der Waals surface area contributed by atoms with Gasteiger partial charge in [0, 0.05) is 35.0 Å². The first-order valence-corrected chi connectivity index (χ1v) is 21.0. The smallest absolute Gasteiger partial charge is 0.269 e. The van der Waals surface area contributed by atoms with Crippen LogP contribution in [0.1, 0.15) is 5.56 Å². The molecule has 9 nitrogen and oxygen atoms in total. The number of fused-ring (bicyclic) bond motifs is 6. The van der Waals surface area contributed by atoms with E-state index in [0.29, 0.717) is 6.54 Å². The number of rotatable bonds is 8. The van der Waals surface area contributed by atoms with E-state index in [1.54, 1.807) is 12.1 Å². The highest BCUT2D eigenvalue weighted by atomic mass is 35.7. The van der Waals surface area contributed by atoms with E-state index in [0.717, 1.165) is 44.1 Å². The zero-order valence-corrected chi connectivity index (χ0v) is 31.9. The summed E-state index contributed by atoms with van der Waals surface area (Å²) in [5.74, 6) is 0.851. The molecule has 0 bridgehead atoms. The molecule has 0 saturated carbocycles. The van der Waals surface area contributed by atoms with Gasteiger partial charge < -0.3 is 4.57 Å². The second kappa shape index (κ2) is 15.7. The summed E-state index contributed by atoms with van der Waals surface area (Å²) in [6.45, 7) is 0.503. The van der Waals surface area contributed by atoms with Crippen LogP contribution in [0.3, 0.4) is 0 Å². The Kier molecular flexibility index (Phi) is 10.4. The predicted molar refractivity (Wildman–Crippen MR) is 217 cm³/mol. The Morgan fingerprint density at radius 2 is 0.912 bits per heavy atom. The van der Waals surface area contributed by atoms with Crippen LogP contribution in [0.25, 0.3) is 44.0 Å². The molecule has 0 N–H and O–H groups in total. The summed E-state index contributed by atoms with van der Waals surface area (Å²) in [4.78, 5) is 16.6. The van der Waals surface area contributed by atoms with E-state index in [-0.39, 0.29) is 10.6 Å². The van der Waals surface area contributed by atoms with Gasteiger partial charge in [0.25, 0.3) is 5.69 Å². The molecule has 0 fully saturated rings. The van der Waals surface area contributed by atoms with Crippen LogP contribution in [0.4, 0.5) is 5.69 Å². The van der Waals surface area contributed by atoms with Crippen LogP contribution in [0.15, 0.2) is 188 Å². The molecule has 8 aromatic carbocycles. The largest absolute Gasteiger partial charge is 0.319 e. The molecule has 9 rings (SSSR count). The Bertz CT molecular complexity index is 2730. The molecular weight excluding hydrogens is 757 g/mol. The van der Waals surface area contributed by atoms with Gasteiger partial charge in [-0.05, 0) is 77.0 Å². The number of benzene rings is 8. The van der Waals surface area contributed by atoms with Crippen LogP contribution in [-0.4, -0.2) is 14.5 Å². The Morgan fingerprint density at radius 1 is 0.509 bits per heavy atom. The molecule has 280 valence electrons. The number of hydrogen-bond acceptors (Lipinski definition) is 7. The average Bonchev–Trinajstić information content (AvgIpc) is 3.61. The van der Waals surface area contributed by atoms with E-state index in [2.05, 4.69) is 168 Å². The van der Waals surface area contributed by atoms with Crippen molar-refractivity contribution < 1.29 is 33.8 Å². The predicted octanol–water partition coefficient (Wildman–Crippen LogP) is 4.83. The zero-order chi connectivity index (χ0) is 39.6. The van der Waals surface area contributed by atoms with E-state index in [4.69, 9.17) is 23.6 Å². The molecule has 1 heterocycles. The molecular formula is C46H33ClN3O6P. The normalized spacial score (nSPS) is 11.7. The van der Waals surface area contributed by atoms with Crippen molar-refractivity contribution in [3.05, 3.63) is 204 Å². The van der Waals surface area contributed by atoms with E-state index in [9.17, 15) is 10.1 Å². The van der Waals surface area contributed by atoms with Gasteiger partial charge >= 0.3 is 0 Å². The molecule has 11 heteroatoms. The molecule has 57 heavy (non-hydrogen) atoms. The van der Waals surface area contributed by atoms with Crippen LogP contribution in [0.2, 0.25) is 0 Å². The van der Waals surface area contributed by atoms with Crippen molar-refractivity contribution in [3.63, 3.8) is 0 Å². The topological polar surface area (TPSA) is 153 Å². The first-order valence-electron chi connectivity index (χ1n) is 17.9. The van der Waals surface area contributed by atoms with E-state index < -0.39 is 17.5 Å². The van der Waals surface area contributed by atoms with Crippen LogP contribution >= 0.6 is 7.26 Å². The fourth-order valence-corrected chi connectivity index (χ4v) is 12.0. The lowest BCUT2D eigenvalue weighted by Gasteiger charge is -2.27. The Labute approximate surface area is 330 Å². The minimum Gasteiger partial charge on any atom is -0.319 e. The number of nitro groups is 1. The maximum atomic E-state index is 11.5. The third-order valence-corrected chi connectivity index (χ3v) is 14.3. The van der Waals surface area contributed by atoms with Crippen molar-refractivity contribution >= 4 is 66.7 Å². The van der Waals surface area contributed by atoms with Gasteiger partial charge in [-0.3, -0.25) is 10.1 Å². The van der Waals surface area contributed by atoms with E-state index in [1.807, 2.05) is 12.1 Å². The Morgan fingerprint density at radius 3 is 1.39 bits per heavy atom. The summed E-state index contributed by atoms with van der Waals surface area (Å²) >= 11 is 0. The standard InChI is InChI=1S/C46H33N3O2P.ClHO4/c50-49(51)35-28-24-33(25-29-35)32-48-45-43-23-13-11-21-41(43)40-20-10-12-22-42(40)44(45)47-46(48)34-26-30-39(31-27-34)52(36-14-4-1-5-15-36,37-16-6-2-7-17-37)38-18-8-3-9-19-38;2-1(3,4)5/h1-31H,32H2;(H,2,3,4,5)/q+1;/p-1. The lowest BCUT2D eigenvalue weighted by Crippen LogP contribution is -2.68. The first kappa shape index (κ1) is 37.6. The zero-order valence-electron chi connectivity index (χ0n) is 30.2. The van der Waals surface area contributed by atoms with Crippen molar-refractivity contribution in [1.82, 2.24) is 9.55 Å². The lowest BCUT2D eigenvalue weighted by atomic mass is 10.00. The second-order valence-electron chi connectivity index (χ2n) is 13.3. The van der Waals surface area contributed by atoms with Crippen molar-refractivity contribution in [1.29, 1.82) is 0 Å². The summed E-state index contributed by atoms with van der Waals surface area (Å²) in [6.07, 6.45) is 0. The minimum absolute atomic E-state index is 0.0774. The summed E-state index contributed by atoms with van der Waals surface area (Å²) < 4.78 is 36.3. The monoisotopic (exact) mass is 789 g/mol. The van der Waals surface area contributed by atoms with Crippen molar-refractivity contribution in [2.24, 2.45) is 0 Å². The van der Waals surface area contributed by atoms with E-state index >= 15 is 0 Å². The van der Waals surface area contributed by atoms with Crippen molar-refractivity contribution in [2.45, 2.75) is 6.54 Å². The summed E-state index contributed by atoms with van der Waals surface area (Å²) in [7, 11) is -7.22.